The summed E-state index contributed by atoms with van der Waals surface area (Å²) in [6.45, 7) is 0. The Morgan fingerprint density at radius 2 is 1.52 bits per heavy atom. The highest BCUT2D eigenvalue weighted by Gasteiger charge is 2.29. The van der Waals surface area contributed by atoms with E-state index in [2.05, 4.69) is 0 Å². The van der Waals surface area contributed by atoms with Crippen molar-refractivity contribution in [3.63, 3.8) is 0 Å². The summed E-state index contributed by atoms with van der Waals surface area (Å²) in [4.78, 5) is 12.1. The molecule has 0 aliphatic carbocycles. The summed E-state index contributed by atoms with van der Waals surface area (Å²) < 4.78 is 5.33. The average molecular weight is 286 g/mol. The molecule has 0 saturated heterocycles. The molecule has 4 N–H and O–H groups in total. The summed E-state index contributed by atoms with van der Waals surface area (Å²) in [6.07, 6.45) is 1.38. The van der Waals surface area contributed by atoms with Gasteiger partial charge >= 0.3 is 0 Å². The van der Waals surface area contributed by atoms with E-state index < -0.39 is 11.5 Å². The lowest BCUT2D eigenvalue weighted by atomic mass is 10.1. The van der Waals surface area contributed by atoms with Crippen molar-refractivity contribution in [2.75, 3.05) is 0 Å². The third-order valence-electron chi connectivity index (χ3n) is 3.06. The van der Waals surface area contributed by atoms with Crippen LogP contribution in [-0.4, -0.2) is 26.2 Å². The van der Waals surface area contributed by atoms with Gasteiger partial charge in [0.05, 0.1) is 5.56 Å². The molecule has 21 heavy (non-hydrogen) atoms. The number of ketones is 1. The van der Waals surface area contributed by atoms with Crippen LogP contribution in [0.3, 0.4) is 0 Å². The van der Waals surface area contributed by atoms with Gasteiger partial charge in [0.25, 0.3) is 0 Å². The van der Waals surface area contributed by atoms with E-state index in [0.29, 0.717) is 5.56 Å². The van der Waals surface area contributed by atoms with Crippen LogP contribution in [-0.2, 0) is 0 Å². The molecule has 0 spiro atoms. The predicted octanol–water partition coefficient (Wildman–Crippen LogP) is 2.13. The van der Waals surface area contributed by atoms with E-state index in [1.807, 2.05) is 0 Å². The van der Waals surface area contributed by atoms with Crippen molar-refractivity contribution in [2.45, 2.75) is 0 Å². The van der Waals surface area contributed by atoms with Crippen LogP contribution in [0.1, 0.15) is 15.9 Å². The summed E-state index contributed by atoms with van der Waals surface area (Å²) in [5.41, 5.74) is 0.592. The summed E-state index contributed by atoms with van der Waals surface area (Å²) in [5, 5.41) is 37.4. The molecular weight excluding hydrogens is 276 g/mol. The minimum absolute atomic E-state index is 0.0138. The van der Waals surface area contributed by atoms with Crippen molar-refractivity contribution in [1.82, 2.24) is 0 Å². The maximum Gasteiger partial charge on any atom is 0.232 e. The number of carbonyl (C=O) groups excluding carboxylic acids is 1. The SMILES string of the molecule is O=C1/C(=C/c2ccc(O)c(O)c2)Oc2cc(O)c(O)cc21. The Labute approximate surface area is 118 Å². The molecule has 0 unspecified atom stereocenters. The standard InChI is InChI=1S/C15H10O6/c16-9-2-1-7(3-10(9)17)4-14-15(20)8-5-11(18)12(19)6-13(8)21-14/h1-6,16-19H/b14-4-. The zero-order valence-corrected chi connectivity index (χ0v) is 10.6. The number of allylic oxidation sites excluding steroid dienone is 1. The number of phenols is 4. The van der Waals surface area contributed by atoms with E-state index in [-0.39, 0.29) is 34.3 Å². The van der Waals surface area contributed by atoms with Gasteiger partial charge in [0, 0.05) is 6.07 Å². The number of rotatable bonds is 1. The molecule has 2 aromatic carbocycles. The van der Waals surface area contributed by atoms with E-state index >= 15 is 0 Å². The first-order valence-electron chi connectivity index (χ1n) is 5.98. The zero-order valence-electron chi connectivity index (χ0n) is 10.6. The molecule has 6 nitrogen and oxygen atoms in total. The lowest BCUT2D eigenvalue weighted by Crippen LogP contribution is -1.97. The summed E-state index contributed by atoms with van der Waals surface area (Å²) in [5.74, 6) is -1.70. The number of hydrogen-bond acceptors (Lipinski definition) is 6. The van der Waals surface area contributed by atoms with Crippen LogP contribution in [0.5, 0.6) is 28.7 Å². The van der Waals surface area contributed by atoms with Gasteiger partial charge < -0.3 is 25.2 Å². The van der Waals surface area contributed by atoms with Gasteiger partial charge in [-0.2, -0.15) is 0 Å². The Kier molecular flexibility index (Phi) is 2.72. The number of carbonyl (C=O) groups is 1. The fraction of sp³-hybridized carbons (Fsp3) is 0. The van der Waals surface area contributed by atoms with Crippen LogP contribution in [0.15, 0.2) is 36.1 Å². The fourth-order valence-electron chi connectivity index (χ4n) is 1.99. The van der Waals surface area contributed by atoms with Crippen molar-refractivity contribution in [2.24, 2.45) is 0 Å². The largest absolute Gasteiger partial charge is 0.504 e. The van der Waals surface area contributed by atoms with Crippen molar-refractivity contribution in [3.05, 3.63) is 47.2 Å². The third kappa shape index (κ3) is 2.12. The number of phenolic OH excluding ortho intramolecular Hbond substituents is 4. The first kappa shape index (κ1) is 12.9. The molecule has 106 valence electrons. The van der Waals surface area contributed by atoms with Gasteiger partial charge in [-0.15, -0.1) is 0 Å². The van der Waals surface area contributed by atoms with E-state index in [4.69, 9.17) is 4.74 Å². The Morgan fingerprint density at radius 1 is 0.857 bits per heavy atom. The summed E-state index contributed by atoms with van der Waals surface area (Å²) >= 11 is 0. The normalized spacial score (nSPS) is 15.0. The topological polar surface area (TPSA) is 107 Å². The Morgan fingerprint density at radius 3 is 2.24 bits per heavy atom. The molecule has 1 aliphatic heterocycles. The lowest BCUT2D eigenvalue weighted by Gasteiger charge is -2.01. The fourth-order valence-corrected chi connectivity index (χ4v) is 1.99. The van der Waals surface area contributed by atoms with Gasteiger partial charge in [0.2, 0.25) is 5.78 Å². The van der Waals surface area contributed by atoms with Crippen molar-refractivity contribution >= 4 is 11.9 Å². The molecule has 0 atom stereocenters. The van der Waals surface area contributed by atoms with Crippen LogP contribution in [0, 0.1) is 0 Å². The van der Waals surface area contributed by atoms with Crippen LogP contribution < -0.4 is 4.74 Å². The van der Waals surface area contributed by atoms with Gasteiger partial charge in [-0.1, -0.05) is 6.07 Å². The van der Waals surface area contributed by atoms with E-state index in [0.717, 1.165) is 12.1 Å². The second kappa shape index (κ2) is 4.45. The first-order chi connectivity index (χ1) is 9.95. The Balaban J connectivity index is 2.00. The third-order valence-corrected chi connectivity index (χ3v) is 3.06. The second-order valence-corrected chi connectivity index (χ2v) is 4.53. The van der Waals surface area contributed by atoms with Gasteiger partial charge in [0.1, 0.15) is 5.75 Å². The summed E-state index contributed by atoms with van der Waals surface area (Å²) in [7, 11) is 0. The van der Waals surface area contributed by atoms with Gasteiger partial charge in [-0.25, -0.2) is 0 Å². The molecular formula is C15H10O6. The highest BCUT2D eigenvalue weighted by Crippen LogP contribution is 2.39. The predicted molar refractivity (Wildman–Crippen MR) is 72.5 cm³/mol. The molecule has 3 rings (SSSR count). The molecule has 2 aromatic rings. The molecule has 1 aliphatic rings. The van der Waals surface area contributed by atoms with Crippen LogP contribution in [0.2, 0.25) is 0 Å². The molecule has 0 amide bonds. The molecule has 0 fully saturated rings. The monoisotopic (exact) mass is 286 g/mol. The van der Waals surface area contributed by atoms with E-state index in [1.54, 1.807) is 0 Å². The average Bonchev–Trinajstić information content (AvgIpc) is 2.72. The van der Waals surface area contributed by atoms with E-state index in [1.165, 1.54) is 24.3 Å². The zero-order chi connectivity index (χ0) is 15.1. The smallest absolute Gasteiger partial charge is 0.232 e. The Bertz CT molecular complexity index is 791. The Hall–Kier alpha value is -3.15. The molecule has 0 bridgehead atoms. The maximum absolute atomic E-state index is 12.1. The number of benzene rings is 2. The van der Waals surface area contributed by atoms with Gasteiger partial charge in [-0.3, -0.25) is 4.79 Å². The summed E-state index contributed by atoms with van der Waals surface area (Å²) in [6, 6.07) is 6.33. The molecule has 0 saturated carbocycles. The number of Topliss-reactive ketones (excluding diaryl/α,β-unsaturated/α-hetero) is 1. The van der Waals surface area contributed by atoms with Crippen molar-refractivity contribution < 1.29 is 30.0 Å². The number of hydrogen-bond donors (Lipinski definition) is 4. The molecule has 6 heteroatoms. The lowest BCUT2D eigenvalue weighted by molar-refractivity contribution is 0.101. The second-order valence-electron chi connectivity index (χ2n) is 4.53. The first-order valence-corrected chi connectivity index (χ1v) is 5.98. The van der Waals surface area contributed by atoms with Crippen molar-refractivity contribution in [3.8, 4) is 28.7 Å². The maximum atomic E-state index is 12.1. The van der Waals surface area contributed by atoms with Crippen LogP contribution >= 0.6 is 0 Å². The number of ether oxygens (including phenoxy) is 1. The minimum atomic E-state index is -0.451. The molecule has 0 radical (unpaired) electrons. The number of aromatic hydroxyl groups is 4. The van der Waals surface area contributed by atoms with Crippen LogP contribution in [0.25, 0.3) is 6.08 Å². The van der Waals surface area contributed by atoms with Gasteiger partial charge in [0.15, 0.2) is 28.8 Å². The minimum Gasteiger partial charge on any atom is -0.504 e. The highest BCUT2D eigenvalue weighted by atomic mass is 16.5. The number of fused-ring (bicyclic) bond motifs is 1. The van der Waals surface area contributed by atoms with Crippen LogP contribution in [0.4, 0.5) is 0 Å². The quantitative estimate of drug-likeness (QED) is 0.472. The van der Waals surface area contributed by atoms with Gasteiger partial charge in [-0.05, 0) is 29.8 Å². The van der Waals surface area contributed by atoms with Crippen molar-refractivity contribution in [1.29, 1.82) is 0 Å². The highest BCUT2D eigenvalue weighted by molar-refractivity contribution is 6.14. The molecule has 0 aromatic heterocycles. The molecule has 1 heterocycles. The van der Waals surface area contributed by atoms with E-state index in [9.17, 15) is 25.2 Å².